The Bertz CT molecular complexity index is 3520. The zero-order chi connectivity index (χ0) is 72.8. The predicted octanol–water partition coefficient (Wildman–Crippen LogP) is -1.72. The molecule has 0 unspecified atom stereocenters. The number of aliphatic carboxylic acids is 4. The fourth-order valence-corrected chi connectivity index (χ4v) is 9.54. The Morgan fingerprint density at radius 3 is 1.70 bits per heavy atom. The lowest BCUT2D eigenvalue weighted by Gasteiger charge is -2.28. The number of carbonyl (C=O) groups is 16. The number of Topliss-reactive ketones (excluding diaryl/α,β-unsaturated/α-hetero) is 1. The fourth-order valence-electron chi connectivity index (χ4n) is 9.54. The van der Waals surface area contributed by atoms with Crippen LogP contribution in [-0.4, -0.2) is 203 Å². The van der Waals surface area contributed by atoms with E-state index >= 15 is 0 Å². The standard InChI is InChI=1S/C61H74N14O23/c1-4-22-96-51(86)28-66-54(88)41(24-48(80)81)69-53(87)30(2)67-57(91)42(25-49(82)83)70-55(89)39(18-11-21-62)68-46(77)27-65-59(93)52(73-58(92)43(74-75-64)26-50(84)85)31(3)98-60(94)44(23-45(76)36-16-9-10-17-38(36)63)71-56(90)40(19-20-47(78)79)72-61(95)97-29-37-34-14-7-5-12-32(34)33-13-6-8-15-35(33)37/h4-10,12-17,30-31,37,39-44,52H,1,11,18-29,62-63H2,2-3H3,(H,65,93)(H,66,88)(H,67,91)(H,68,77)(H,69,87)(H,70,89)(H,71,90)(H,72,95)(H,73,92)(H,78,79)(H,80,81)(H,82,83)(H,84,85)/t30-,31-,39+,40+,41+,42+,43+,44+,52+/m1/s1. The lowest BCUT2D eigenvalue weighted by atomic mass is 9.98. The van der Waals surface area contributed by atoms with Crippen LogP contribution in [0.3, 0.4) is 0 Å². The molecule has 0 heterocycles. The molecule has 0 spiro atoms. The third-order valence-corrected chi connectivity index (χ3v) is 14.4. The molecule has 3 aromatic carbocycles. The van der Waals surface area contributed by atoms with Gasteiger partial charge in [-0.1, -0.05) is 78.4 Å². The number of ether oxygens (including phenoxy) is 3. The molecule has 3 aromatic rings. The van der Waals surface area contributed by atoms with Crippen molar-refractivity contribution in [3.8, 4) is 11.1 Å². The van der Waals surface area contributed by atoms with Crippen LogP contribution in [0.15, 0.2) is 90.6 Å². The Morgan fingerprint density at radius 2 is 1.13 bits per heavy atom. The largest absolute Gasteiger partial charge is 0.481 e. The van der Waals surface area contributed by atoms with Crippen LogP contribution in [0, 0.1) is 0 Å². The van der Waals surface area contributed by atoms with Gasteiger partial charge in [-0.3, -0.25) is 67.1 Å². The van der Waals surface area contributed by atoms with Crippen LogP contribution in [0.2, 0.25) is 0 Å². The maximum atomic E-state index is 14.4. The smallest absolute Gasteiger partial charge is 0.407 e. The minimum absolute atomic E-state index is 0.0393. The summed E-state index contributed by atoms with van der Waals surface area (Å²) in [6, 6.07) is 4.74. The minimum Gasteiger partial charge on any atom is -0.481 e. The van der Waals surface area contributed by atoms with Crippen LogP contribution in [0.5, 0.6) is 0 Å². The number of azide groups is 1. The second-order valence-corrected chi connectivity index (χ2v) is 21.7. The third-order valence-electron chi connectivity index (χ3n) is 14.4. The molecule has 1 aliphatic rings. The lowest BCUT2D eigenvalue weighted by Crippen LogP contribution is -2.59. The van der Waals surface area contributed by atoms with Gasteiger partial charge in [0.2, 0.25) is 47.3 Å². The average Bonchev–Trinajstić information content (AvgIpc) is 1.62. The van der Waals surface area contributed by atoms with E-state index in [0.717, 1.165) is 36.1 Å². The number of hydrogen-bond acceptors (Lipinski definition) is 22. The van der Waals surface area contributed by atoms with E-state index in [1.807, 2.05) is 36.4 Å². The molecule has 0 saturated carbocycles. The first-order valence-electron chi connectivity index (χ1n) is 29.9. The van der Waals surface area contributed by atoms with Crippen molar-refractivity contribution < 1.29 is 111 Å². The van der Waals surface area contributed by atoms with E-state index in [1.165, 1.54) is 30.3 Å². The zero-order valence-electron chi connectivity index (χ0n) is 52.7. The molecule has 0 fully saturated rings. The number of rotatable bonds is 41. The van der Waals surface area contributed by atoms with Crippen molar-refractivity contribution in [3.63, 3.8) is 0 Å². The number of nitrogens with two attached hydrogens (primary N) is 2. The zero-order valence-corrected chi connectivity index (χ0v) is 52.7. The van der Waals surface area contributed by atoms with Gasteiger partial charge in [-0.2, -0.15) is 0 Å². The Labute approximate surface area is 556 Å². The van der Waals surface area contributed by atoms with Crippen LogP contribution in [0.25, 0.3) is 21.6 Å². The molecule has 4 rings (SSSR count). The highest BCUT2D eigenvalue weighted by Crippen LogP contribution is 2.44. The average molecular weight is 1370 g/mol. The molecule has 0 saturated heterocycles. The van der Waals surface area contributed by atoms with Gasteiger partial charge in [0.25, 0.3) is 0 Å². The number of ketones is 1. The Balaban J connectivity index is 1.57. The number of nitrogen functional groups attached to an aromatic ring is 1. The van der Waals surface area contributed by atoms with Crippen molar-refractivity contribution in [2.45, 2.75) is 126 Å². The number of esters is 2. The van der Waals surface area contributed by atoms with Crippen molar-refractivity contribution in [1.29, 1.82) is 0 Å². The van der Waals surface area contributed by atoms with Crippen molar-refractivity contribution in [1.82, 2.24) is 47.9 Å². The van der Waals surface area contributed by atoms with Crippen molar-refractivity contribution in [3.05, 3.63) is 113 Å². The summed E-state index contributed by atoms with van der Waals surface area (Å²) in [5.41, 5.74) is 24.1. The number of carboxylic acid groups (broad SMARTS) is 4. The molecule has 37 nitrogen and oxygen atoms in total. The lowest BCUT2D eigenvalue weighted by molar-refractivity contribution is -0.156. The van der Waals surface area contributed by atoms with E-state index in [1.54, 1.807) is 12.1 Å². The predicted molar refractivity (Wildman–Crippen MR) is 337 cm³/mol. The van der Waals surface area contributed by atoms with Gasteiger partial charge in [-0.05, 0) is 79.6 Å². The van der Waals surface area contributed by atoms with Gasteiger partial charge in [0.1, 0.15) is 74.2 Å². The summed E-state index contributed by atoms with van der Waals surface area (Å²) in [5.74, 6) is -20.6. The molecule has 17 N–H and O–H groups in total. The van der Waals surface area contributed by atoms with Crippen molar-refractivity contribution >= 4 is 101 Å². The summed E-state index contributed by atoms with van der Waals surface area (Å²) >= 11 is 0. The molecular formula is C61H74N14O23. The second kappa shape index (κ2) is 39.0. The van der Waals surface area contributed by atoms with Gasteiger partial charge < -0.3 is 94.0 Å². The van der Waals surface area contributed by atoms with Crippen molar-refractivity contribution in [2.75, 3.05) is 38.6 Å². The van der Waals surface area contributed by atoms with Gasteiger partial charge in [0.05, 0.1) is 25.8 Å². The number of para-hydroxylation sites is 1. The van der Waals surface area contributed by atoms with Crippen LogP contribution in [0.4, 0.5) is 10.5 Å². The summed E-state index contributed by atoms with van der Waals surface area (Å²) in [4.78, 5) is 212. The van der Waals surface area contributed by atoms with Gasteiger partial charge >= 0.3 is 41.9 Å². The summed E-state index contributed by atoms with van der Waals surface area (Å²) < 4.78 is 15.9. The first-order chi connectivity index (χ1) is 46.5. The molecule has 0 aliphatic heterocycles. The number of anilines is 1. The van der Waals surface area contributed by atoms with E-state index in [-0.39, 0.29) is 43.9 Å². The first kappa shape index (κ1) is 78.4. The molecule has 9 amide bonds. The molecule has 9 atom stereocenters. The van der Waals surface area contributed by atoms with Gasteiger partial charge in [-0.25, -0.2) is 9.59 Å². The highest BCUT2D eigenvalue weighted by Gasteiger charge is 2.39. The highest BCUT2D eigenvalue weighted by atomic mass is 16.6. The molecule has 37 heteroatoms. The Kier molecular flexibility index (Phi) is 31.2. The van der Waals surface area contributed by atoms with Gasteiger partial charge in [-0.15, -0.1) is 0 Å². The maximum absolute atomic E-state index is 14.4. The fraction of sp³-hybridized carbons (Fsp3) is 0.410. The summed E-state index contributed by atoms with van der Waals surface area (Å²) in [7, 11) is 0. The molecule has 0 aromatic heterocycles. The summed E-state index contributed by atoms with van der Waals surface area (Å²) in [5, 5.41) is 60.7. The van der Waals surface area contributed by atoms with Gasteiger partial charge in [0, 0.05) is 34.9 Å². The van der Waals surface area contributed by atoms with Crippen LogP contribution in [-0.2, 0) is 81.3 Å². The Hall–Kier alpha value is -12.0. The van der Waals surface area contributed by atoms with Gasteiger partial charge in [0.15, 0.2) is 5.78 Å². The molecule has 98 heavy (non-hydrogen) atoms. The first-order valence-corrected chi connectivity index (χ1v) is 29.9. The third kappa shape index (κ3) is 25.0. The molecular weight excluding hydrogens is 1300 g/mol. The summed E-state index contributed by atoms with van der Waals surface area (Å²) in [6.45, 7) is 2.87. The number of alkyl carbamates (subject to hydrolysis) is 1. The quantitative estimate of drug-likeness (QED) is 0.00439. The number of benzene rings is 3. The van der Waals surface area contributed by atoms with Crippen LogP contribution < -0.4 is 59.3 Å². The number of carbonyl (C=O) groups excluding carboxylic acids is 12. The summed E-state index contributed by atoms with van der Waals surface area (Å²) in [6.07, 6.45) is -8.04. The number of amides is 9. The maximum Gasteiger partial charge on any atom is 0.407 e. The number of nitrogens with zero attached hydrogens (tertiary/aromatic N) is 3. The molecule has 0 bridgehead atoms. The van der Waals surface area contributed by atoms with Crippen LogP contribution >= 0.6 is 0 Å². The van der Waals surface area contributed by atoms with E-state index in [2.05, 4.69) is 64.5 Å². The normalized spacial score (nSPS) is 13.9. The Morgan fingerprint density at radius 1 is 0.592 bits per heavy atom. The second-order valence-electron chi connectivity index (χ2n) is 21.7. The topological polar surface area (TPSA) is 591 Å². The number of fused-ring (bicyclic) bond motifs is 3. The van der Waals surface area contributed by atoms with Crippen molar-refractivity contribution in [2.24, 2.45) is 10.8 Å². The van der Waals surface area contributed by atoms with E-state index in [9.17, 15) is 103 Å². The van der Waals surface area contributed by atoms with E-state index in [0.29, 0.717) is 0 Å². The highest BCUT2D eigenvalue weighted by molar-refractivity contribution is 6.04. The monoisotopic (exact) mass is 1370 g/mol. The molecule has 526 valence electrons. The minimum atomic E-state index is -2.23. The molecule has 1 aliphatic carbocycles. The van der Waals surface area contributed by atoms with E-state index in [4.69, 9.17) is 25.7 Å². The van der Waals surface area contributed by atoms with E-state index < -0.39 is 207 Å². The number of carboxylic acids is 4. The SMILES string of the molecule is C=CCOC(=O)CNC(=O)[C@H](CC(=O)O)NC(=O)[C@@H](C)NC(=O)[C@H](CC(=O)O)NC(=O)[C@H](CCCN)NC(=O)CNC(=O)[C@@H](NC(=O)[C@H](CC(=O)O)N=[N+]=[N-])[C@@H](C)OC(=O)[C@H](CC(=O)c1ccccc1N)NC(=O)[C@H](CCC(=O)O)NC(=O)OCC1c2ccccc2-c2ccccc21. The number of nitrogens with one attached hydrogen (secondary N) is 9. The molecule has 0 radical (unpaired) electrons. The number of hydrogen-bond donors (Lipinski definition) is 15. The van der Waals surface area contributed by atoms with Crippen LogP contribution in [0.1, 0.15) is 92.6 Å².